The molecule has 0 bridgehead atoms. The molecule has 23 heavy (non-hydrogen) atoms. The highest BCUT2D eigenvalue weighted by atomic mass is 16.5. The second-order valence-electron chi connectivity index (χ2n) is 5.15. The third-order valence-corrected chi connectivity index (χ3v) is 3.80. The molecule has 124 valence electrons. The molecule has 0 radical (unpaired) electrons. The third-order valence-electron chi connectivity index (χ3n) is 3.80. The standard InChI is InChI=1S/C16H22N4O3/c1-8(13-9(2)19-16(18)20-15(13)17)10-6-11(21-3)14(23-5)12(7-10)22-4/h6-8H,1-5H3,(H4,17,18,19,20)/t8-/m0/s1. The summed E-state index contributed by atoms with van der Waals surface area (Å²) in [7, 11) is 4.73. The van der Waals surface area contributed by atoms with Crippen LogP contribution in [0.25, 0.3) is 0 Å². The number of nitrogens with zero attached hydrogens (tertiary/aromatic N) is 2. The largest absolute Gasteiger partial charge is 0.493 e. The normalized spacial score (nSPS) is 11.9. The van der Waals surface area contributed by atoms with E-state index in [9.17, 15) is 0 Å². The Morgan fingerprint density at radius 1 is 0.957 bits per heavy atom. The maximum absolute atomic E-state index is 6.04. The second kappa shape index (κ2) is 6.60. The Morgan fingerprint density at radius 3 is 1.96 bits per heavy atom. The number of hydrogen-bond donors (Lipinski definition) is 2. The van der Waals surface area contributed by atoms with Crippen LogP contribution in [0.5, 0.6) is 17.2 Å². The Bertz CT molecular complexity index is 670. The van der Waals surface area contributed by atoms with Crippen LogP contribution in [0.3, 0.4) is 0 Å². The SMILES string of the molecule is COc1cc([C@H](C)c2c(C)nc(N)nc2N)cc(OC)c1OC. The van der Waals surface area contributed by atoms with Gasteiger partial charge in [-0.1, -0.05) is 6.92 Å². The molecule has 0 spiro atoms. The highest BCUT2D eigenvalue weighted by molar-refractivity contribution is 5.58. The number of methoxy groups -OCH3 is 3. The molecule has 0 saturated heterocycles. The van der Waals surface area contributed by atoms with E-state index in [0.717, 1.165) is 16.8 Å². The zero-order chi connectivity index (χ0) is 17.1. The van der Waals surface area contributed by atoms with Crippen molar-refractivity contribution in [2.75, 3.05) is 32.8 Å². The molecule has 0 saturated carbocycles. The summed E-state index contributed by atoms with van der Waals surface area (Å²) >= 11 is 0. The first-order chi connectivity index (χ1) is 10.9. The van der Waals surface area contributed by atoms with Crippen molar-refractivity contribution in [1.82, 2.24) is 9.97 Å². The minimum Gasteiger partial charge on any atom is -0.493 e. The van der Waals surface area contributed by atoms with Gasteiger partial charge in [0.1, 0.15) is 5.82 Å². The summed E-state index contributed by atoms with van der Waals surface area (Å²) in [6.45, 7) is 3.87. The van der Waals surface area contributed by atoms with E-state index in [2.05, 4.69) is 9.97 Å². The minimum absolute atomic E-state index is 0.0655. The van der Waals surface area contributed by atoms with Gasteiger partial charge >= 0.3 is 0 Å². The molecule has 2 rings (SSSR count). The predicted molar refractivity (Wildman–Crippen MR) is 89.2 cm³/mol. The molecule has 1 heterocycles. The van der Waals surface area contributed by atoms with Gasteiger partial charge in [0.25, 0.3) is 0 Å². The number of ether oxygens (including phenoxy) is 3. The van der Waals surface area contributed by atoms with Crippen LogP contribution in [-0.2, 0) is 0 Å². The lowest BCUT2D eigenvalue weighted by molar-refractivity contribution is 0.323. The van der Waals surface area contributed by atoms with Crippen LogP contribution < -0.4 is 25.7 Å². The number of rotatable bonds is 5. The third kappa shape index (κ3) is 3.08. The van der Waals surface area contributed by atoms with E-state index in [1.165, 1.54) is 0 Å². The van der Waals surface area contributed by atoms with E-state index in [1.54, 1.807) is 21.3 Å². The van der Waals surface area contributed by atoms with Gasteiger partial charge in [-0.05, 0) is 24.6 Å². The number of hydrogen-bond acceptors (Lipinski definition) is 7. The second-order valence-corrected chi connectivity index (χ2v) is 5.15. The fraction of sp³-hybridized carbons (Fsp3) is 0.375. The Hall–Kier alpha value is -2.70. The average Bonchev–Trinajstić information content (AvgIpc) is 2.52. The molecule has 0 unspecified atom stereocenters. The van der Waals surface area contributed by atoms with Crippen LogP contribution in [0.2, 0.25) is 0 Å². The number of benzene rings is 1. The minimum atomic E-state index is -0.0655. The number of nitrogens with two attached hydrogens (primary N) is 2. The van der Waals surface area contributed by atoms with Crippen molar-refractivity contribution in [2.45, 2.75) is 19.8 Å². The lowest BCUT2D eigenvalue weighted by atomic mass is 9.91. The van der Waals surface area contributed by atoms with E-state index in [1.807, 2.05) is 26.0 Å². The number of aryl methyl sites for hydroxylation is 1. The van der Waals surface area contributed by atoms with Crippen molar-refractivity contribution >= 4 is 11.8 Å². The topological polar surface area (TPSA) is 106 Å². The van der Waals surface area contributed by atoms with Crippen LogP contribution in [-0.4, -0.2) is 31.3 Å². The smallest absolute Gasteiger partial charge is 0.222 e. The summed E-state index contributed by atoms with van der Waals surface area (Å²) in [5, 5.41) is 0. The van der Waals surface area contributed by atoms with Crippen molar-refractivity contribution in [3.63, 3.8) is 0 Å². The van der Waals surface area contributed by atoms with Crippen LogP contribution in [0.15, 0.2) is 12.1 Å². The fourth-order valence-corrected chi connectivity index (χ4v) is 2.68. The van der Waals surface area contributed by atoms with Gasteiger partial charge in [0.2, 0.25) is 11.7 Å². The molecule has 1 aromatic carbocycles. The quantitative estimate of drug-likeness (QED) is 0.869. The summed E-state index contributed by atoms with van der Waals surface area (Å²) in [5.41, 5.74) is 14.2. The fourth-order valence-electron chi connectivity index (χ4n) is 2.68. The van der Waals surface area contributed by atoms with Crippen molar-refractivity contribution < 1.29 is 14.2 Å². The zero-order valence-corrected chi connectivity index (χ0v) is 14.0. The van der Waals surface area contributed by atoms with Crippen LogP contribution in [0.4, 0.5) is 11.8 Å². The van der Waals surface area contributed by atoms with Gasteiger partial charge in [-0.15, -0.1) is 0 Å². The lowest BCUT2D eigenvalue weighted by Gasteiger charge is -2.20. The van der Waals surface area contributed by atoms with E-state index in [4.69, 9.17) is 25.7 Å². The first-order valence-electron chi connectivity index (χ1n) is 7.12. The summed E-state index contributed by atoms with van der Waals surface area (Å²) < 4.78 is 16.1. The summed E-state index contributed by atoms with van der Waals surface area (Å²) in [6, 6.07) is 3.78. The van der Waals surface area contributed by atoms with Crippen LogP contribution >= 0.6 is 0 Å². The summed E-state index contributed by atoms with van der Waals surface area (Å²) in [5.74, 6) is 2.19. The van der Waals surface area contributed by atoms with E-state index >= 15 is 0 Å². The molecule has 0 aliphatic heterocycles. The first kappa shape index (κ1) is 16.7. The van der Waals surface area contributed by atoms with E-state index in [0.29, 0.717) is 23.1 Å². The van der Waals surface area contributed by atoms with Gasteiger partial charge in [-0.3, -0.25) is 0 Å². The van der Waals surface area contributed by atoms with Gasteiger partial charge in [0.05, 0.1) is 21.3 Å². The monoisotopic (exact) mass is 318 g/mol. The summed E-state index contributed by atoms with van der Waals surface area (Å²) in [4.78, 5) is 8.26. The van der Waals surface area contributed by atoms with Gasteiger partial charge in [-0.2, -0.15) is 4.98 Å². The number of anilines is 2. The molecule has 1 aromatic heterocycles. The Balaban J connectivity index is 2.58. The maximum Gasteiger partial charge on any atom is 0.222 e. The van der Waals surface area contributed by atoms with Crippen LogP contribution in [0, 0.1) is 6.92 Å². The molecule has 0 aliphatic carbocycles. The van der Waals surface area contributed by atoms with Crippen molar-refractivity contribution in [1.29, 1.82) is 0 Å². The molecule has 7 nitrogen and oxygen atoms in total. The lowest BCUT2D eigenvalue weighted by Crippen LogP contribution is -2.10. The molecule has 0 amide bonds. The number of aromatic nitrogens is 2. The highest BCUT2D eigenvalue weighted by Crippen LogP contribution is 2.42. The predicted octanol–water partition coefficient (Wildman–Crippen LogP) is 2.13. The zero-order valence-electron chi connectivity index (χ0n) is 14.0. The van der Waals surface area contributed by atoms with Gasteiger partial charge in [-0.25, -0.2) is 4.98 Å². The van der Waals surface area contributed by atoms with Gasteiger partial charge in [0.15, 0.2) is 11.5 Å². The van der Waals surface area contributed by atoms with Crippen molar-refractivity contribution in [3.05, 3.63) is 29.0 Å². The molecular formula is C16H22N4O3. The molecule has 4 N–H and O–H groups in total. The molecule has 1 atom stereocenters. The van der Waals surface area contributed by atoms with Gasteiger partial charge < -0.3 is 25.7 Å². The Kier molecular flexibility index (Phi) is 4.78. The van der Waals surface area contributed by atoms with Crippen LogP contribution in [0.1, 0.15) is 29.7 Å². The highest BCUT2D eigenvalue weighted by Gasteiger charge is 2.21. The first-order valence-corrected chi connectivity index (χ1v) is 7.12. The molecular weight excluding hydrogens is 296 g/mol. The maximum atomic E-state index is 6.04. The van der Waals surface area contributed by atoms with Crippen molar-refractivity contribution in [2.24, 2.45) is 0 Å². The van der Waals surface area contributed by atoms with E-state index < -0.39 is 0 Å². The Morgan fingerprint density at radius 2 is 1.52 bits per heavy atom. The molecule has 7 heteroatoms. The van der Waals surface area contributed by atoms with Crippen molar-refractivity contribution in [3.8, 4) is 17.2 Å². The molecule has 0 fully saturated rings. The Labute approximate surface area is 135 Å². The number of nitrogen functional groups attached to an aromatic ring is 2. The van der Waals surface area contributed by atoms with Gasteiger partial charge in [0, 0.05) is 17.2 Å². The summed E-state index contributed by atoms with van der Waals surface area (Å²) in [6.07, 6.45) is 0. The average molecular weight is 318 g/mol. The van der Waals surface area contributed by atoms with E-state index in [-0.39, 0.29) is 11.9 Å². The molecule has 0 aliphatic rings. The molecule has 2 aromatic rings.